The summed E-state index contributed by atoms with van der Waals surface area (Å²) in [6.07, 6.45) is 10.9. The standard InChI is InChI=1S/C34H49N5O6/c1-5-24(23-17-13-12-14-18-23)42-25(19-15-10-8-7-9-11-16-20-26(40)41-6-2)28-29-30(45-34(3,4)44-29)33(43-28)39-22-38-27-31(35)36-21-37-32(27)39/h12-14,17-18,21-22,24-25,28-30,33H,5-11,15-16,19-20H2,1-4H3,(H2,35,36,37)/t24-,25?,28+,29+,30+,33+/m0/s1. The van der Waals surface area contributed by atoms with Crippen molar-refractivity contribution >= 4 is 23.0 Å². The summed E-state index contributed by atoms with van der Waals surface area (Å²) in [6, 6.07) is 10.4. The predicted molar refractivity (Wildman–Crippen MR) is 170 cm³/mol. The lowest BCUT2D eigenvalue weighted by Crippen LogP contribution is -2.40. The molecule has 3 aromatic rings. The van der Waals surface area contributed by atoms with Crippen LogP contribution in [-0.2, 0) is 28.5 Å². The number of anilines is 1. The van der Waals surface area contributed by atoms with Crippen molar-refractivity contribution in [3.63, 3.8) is 0 Å². The minimum atomic E-state index is -0.776. The largest absolute Gasteiger partial charge is 0.466 e. The van der Waals surface area contributed by atoms with Gasteiger partial charge in [-0.25, -0.2) is 15.0 Å². The van der Waals surface area contributed by atoms with Crippen molar-refractivity contribution in [3.8, 4) is 0 Å². The van der Waals surface area contributed by atoms with Crippen molar-refractivity contribution in [3.05, 3.63) is 48.5 Å². The number of fused-ring (bicyclic) bond motifs is 2. The summed E-state index contributed by atoms with van der Waals surface area (Å²) in [6.45, 7) is 8.32. The number of hydrogen-bond donors (Lipinski definition) is 1. The van der Waals surface area contributed by atoms with E-state index in [0.717, 1.165) is 63.4 Å². The van der Waals surface area contributed by atoms with E-state index in [1.165, 1.54) is 6.33 Å². The molecule has 2 aliphatic heterocycles. The van der Waals surface area contributed by atoms with Crippen molar-refractivity contribution in [2.75, 3.05) is 12.3 Å². The van der Waals surface area contributed by atoms with E-state index in [-0.39, 0.29) is 36.5 Å². The first kappa shape index (κ1) is 33.2. The second kappa shape index (κ2) is 15.4. The smallest absolute Gasteiger partial charge is 0.305 e. The maximum Gasteiger partial charge on any atom is 0.305 e. The number of rotatable bonds is 17. The number of unbranched alkanes of at least 4 members (excludes halogenated alkanes) is 6. The van der Waals surface area contributed by atoms with Crippen LogP contribution in [0.3, 0.4) is 0 Å². The second-order valence-corrected chi connectivity index (χ2v) is 12.4. The van der Waals surface area contributed by atoms with Crippen LogP contribution in [0, 0.1) is 0 Å². The van der Waals surface area contributed by atoms with Gasteiger partial charge in [0.2, 0.25) is 0 Å². The molecule has 0 saturated carbocycles. The number of carbonyl (C=O) groups is 1. The minimum Gasteiger partial charge on any atom is -0.466 e. The van der Waals surface area contributed by atoms with E-state index in [1.807, 2.05) is 31.4 Å². The molecule has 5 rings (SSSR count). The number of esters is 1. The van der Waals surface area contributed by atoms with Crippen LogP contribution in [-0.4, -0.2) is 62.3 Å². The Labute approximate surface area is 266 Å². The van der Waals surface area contributed by atoms with Gasteiger partial charge in [0.1, 0.15) is 30.2 Å². The molecule has 1 unspecified atom stereocenters. The van der Waals surface area contributed by atoms with Crippen LogP contribution in [0.5, 0.6) is 0 Å². The normalized spacial score (nSPS) is 23.6. The number of nitrogens with zero attached hydrogens (tertiary/aromatic N) is 4. The number of carbonyl (C=O) groups excluding carboxylic acids is 1. The summed E-state index contributed by atoms with van der Waals surface area (Å²) in [7, 11) is 0. The number of nitrogens with two attached hydrogens (primary N) is 1. The van der Waals surface area contributed by atoms with Crippen molar-refractivity contribution in [1.82, 2.24) is 19.5 Å². The molecule has 2 N–H and O–H groups in total. The highest BCUT2D eigenvalue weighted by Crippen LogP contribution is 2.46. The number of ether oxygens (including phenoxy) is 5. The molecule has 0 spiro atoms. The third-order valence-electron chi connectivity index (χ3n) is 8.65. The maximum absolute atomic E-state index is 11.6. The van der Waals surface area contributed by atoms with Crippen molar-refractivity contribution in [2.45, 2.75) is 134 Å². The Kier molecular flexibility index (Phi) is 11.4. The van der Waals surface area contributed by atoms with Crippen molar-refractivity contribution in [2.24, 2.45) is 0 Å². The van der Waals surface area contributed by atoms with Crippen LogP contribution in [0.15, 0.2) is 43.0 Å². The number of aromatic nitrogens is 4. The van der Waals surface area contributed by atoms with Crippen LogP contribution >= 0.6 is 0 Å². The summed E-state index contributed by atoms with van der Waals surface area (Å²) in [5, 5.41) is 0. The molecular formula is C34H49N5O6. The zero-order chi connectivity index (χ0) is 31.8. The molecule has 4 heterocycles. The fourth-order valence-corrected chi connectivity index (χ4v) is 6.52. The summed E-state index contributed by atoms with van der Waals surface area (Å²) in [4.78, 5) is 24.6. The Morgan fingerprint density at radius 3 is 2.42 bits per heavy atom. The molecule has 2 saturated heterocycles. The first-order valence-electron chi connectivity index (χ1n) is 16.6. The summed E-state index contributed by atoms with van der Waals surface area (Å²) < 4.78 is 33.6. The van der Waals surface area contributed by atoms with Gasteiger partial charge in [0.05, 0.1) is 25.1 Å². The molecule has 0 radical (unpaired) electrons. The van der Waals surface area contributed by atoms with Crippen molar-refractivity contribution in [1.29, 1.82) is 0 Å². The van der Waals surface area contributed by atoms with E-state index in [1.54, 1.807) is 6.33 Å². The van der Waals surface area contributed by atoms with Gasteiger partial charge in [0, 0.05) is 6.42 Å². The molecule has 0 amide bonds. The van der Waals surface area contributed by atoms with Gasteiger partial charge in [0.15, 0.2) is 23.5 Å². The average Bonchev–Trinajstić information content (AvgIpc) is 3.69. The molecule has 0 aliphatic carbocycles. The van der Waals surface area contributed by atoms with Crippen LogP contribution in [0.1, 0.15) is 110 Å². The molecule has 11 nitrogen and oxygen atoms in total. The highest BCUT2D eigenvalue weighted by atomic mass is 16.8. The lowest BCUT2D eigenvalue weighted by Gasteiger charge is -2.32. The molecular weight excluding hydrogens is 574 g/mol. The van der Waals surface area contributed by atoms with Gasteiger partial charge in [0.25, 0.3) is 0 Å². The fraction of sp³-hybridized carbons (Fsp3) is 0.647. The molecule has 45 heavy (non-hydrogen) atoms. The van der Waals surface area contributed by atoms with Crippen LogP contribution < -0.4 is 5.73 Å². The molecule has 1 aromatic carbocycles. The highest BCUT2D eigenvalue weighted by Gasteiger charge is 2.58. The Morgan fingerprint density at radius 2 is 1.69 bits per heavy atom. The van der Waals surface area contributed by atoms with Crippen LogP contribution in [0.25, 0.3) is 11.2 Å². The Bertz CT molecular complexity index is 1370. The predicted octanol–water partition coefficient (Wildman–Crippen LogP) is 6.44. The van der Waals surface area contributed by atoms with Gasteiger partial charge < -0.3 is 29.4 Å². The zero-order valence-electron chi connectivity index (χ0n) is 27.1. The minimum absolute atomic E-state index is 0.0753. The van der Waals surface area contributed by atoms with Crippen LogP contribution in [0.2, 0.25) is 0 Å². The SMILES string of the molecule is CCOC(=O)CCCCCCCCCC(O[C@@H](CC)c1ccccc1)[C@H]1O[C@@H](n2cnc3c(N)ncnc32)[C@@H]2OC(C)(C)O[C@@H]21. The molecule has 2 aromatic heterocycles. The Morgan fingerprint density at radius 1 is 0.978 bits per heavy atom. The Balaban J connectivity index is 1.27. The third kappa shape index (κ3) is 8.19. The van der Waals surface area contributed by atoms with E-state index in [2.05, 4.69) is 46.1 Å². The Hall–Kier alpha value is -3.12. The molecule has 2 fully saturated rings. The lowest BCUT2D eigenvalue weighted by molar-refractivity contribution is -0.215. The maximum atomic E-state index is 11.6. The monoisotopic (exact) mass is 623 g/mol. The lowest BCUT2D eigenvalue weighted by atomic mass is 9.98. The topological polar surface area (TPSA) is 133 Å². The molecule has 2 aliphatic rings. The second-order valence-electron chi connectivity index (χ2n) is 12.4. The highest BCUT2D eigenvalue weighted by molar-refractivity contribution is 5.81. The first-order valence-corrected chi connectivity index (χ1v) is 16.6. The van der Waals surface area contributed by atoms with Crippen molar-refractivity contribution < 1.29 is 28.5 Å². The quantitative estimate of drug-likeness (QED) is 0.132. The average molecular weight is 624 g/mol. The van der Waals surface area contributed by atoms with E-state index < -0.39 is 12.0 Å². The molecule has 6 atom stereocenters. The number of hydrogen-bond acceptors (Lipinski definition) is 10. The van der Waals surface area contributed by atoms with Gasteiger partial charge in [-0.2, -0.15) is 0 Å². The number of nitrogen functional groups attached to an aromatic ring is 1. The molecule has 246 valence electrons. The van der Waals surface area contributed by atoms with Gasteiger partial charge in [-0.05, 0) is 45.6 Å². The van der Waals surface area contributed by atoms with E-state index in [4.69, 9.17) is 29.4 Å². The number of benzene rings is 1. The van der Waals surface area contributed by atoms with Gasteiger partial charge in [-0.3, -0.25) is 9.36 Å². The molecule has 11 heteroatoms. The summed E-state index contributed by atoms with van der Waals surface area (Å²) in [5.41, 5.74) is 8.37. The van der Waals surface area contributed by atoms with Crippen LogP contribution in [0.4, 0.5) is 5.82 Å². The summed E-state index contributed by atoms with van der Waals surface area (Å²) >= 11 is 0. The van der Waals surface area contributed by atoms with E-state index in [9.17, 15) is 4.79 Å². The third-order valence-corrected chi connectivity index (χ3v) is 8.65. The number of imidazole rings is 1. The zero-order valence-corrected chi connectivity index (χ0v) is 27.1. The van der Waals surface area contributed by atoms with E-state index in [0.29, 0.717) is 30.0 Å². The van der Waals surface area contributed by atoms with Gasteiger partial charge in [-0.15, -0.1) is 0 Å². The van der Waals surface area contributed by atoms with E-state index >= 15 is 0 Å². The van der Waals surface area contributed by atoms with Gasteiger partial charge >= 0.3 is 5.97 Å². The van der Waals surface area contributed by atoms with Gasteiger partial charge in [-0.1, -0.05) is 75.8 Å². The first-order chi connectivity index (χ1) is 21.8. The molecule has 0 bridgehead atoms. The summed E-state index contributed by atoms with van der Waals surface area (Å²) in [5.74, 6) is -0.550. The fourth-order valence-electron chi connectivity index (χ4n) is 6.52.